The Labute approximate surface area is 162 Å². The van der Waals surface area contributed by atoms with E-state index in [2.05, 4.69) is 18.1 Å². The van der Waals surface area contributed by atoms with Gasteiger partial charge >= 0.3 is 0 Å². The van der Waals surface area contributed by atoms with Gasteiger partial charge in [0.05, 0.1) is 36.3 Å². The van der Waals surface area contributed by atoms with E-state index in [1.807, 2.05) is 36.4 Å². The summed E-state index contributed by atoms with van der Waals surface area (Å²) in [6.07, 6.45) is 5.57. The lowest BCUT2D eigenvalue weighted by atomic mass is 10.1. The van der Waals surface area contributed by atoms with E-state index in [0.717, 1.165) is 18.5 Å². The van der Waals surface area contributed by atoms with Gasteiger partial charge in [0.15, 0.2) is 17.4 Å². The molecule has 1 aromatic carbocycles. The highest BCUT2D eigenvalue weighted by atomic mass is 16.3. The van der Waals surface area contributed by atoms with Gasteiger partial charge < -0.3 is 9.32 Å². The number of likely N-dealkylation sites (tertiary alicyclic amines) is 1. The zero-order valence-corrected chi connectivity index (χ0v) is 15.6. The van der Waals surface area contributed by atoms with Gasteiger partial charge in [-0.3, -0.25) is 4.79 Å². The lowest BCUT2D eigenvalue weighted by Gasteiger charge is -2.21. The number of hydrogen-bond acceptors (Lipinski definition) is 4. The maximum atomic E-state index is 13.5. The molecule has 4 aromatic rings. The van der Waals surface area contributed by atoms with E-state index < -0.39 is 0 Å². The fourth-order valence-corrected chi connectivity index (χ4v) is 4.20. The van der Waals surface area contributed by atoms with Crippen LogP contribution in [0.5, 0.6) is 0 Å². The van der Waals surface area contributed by atoms with Gasteiger partial charge in [0.2, 0.25) is 0 Å². The molecular weight excluding hydrogens is 352 g/mol. The van der Waals surface area contributed by atoms with Crippen LogP contribution in [-0.4, -0.2) is 28.1 Å². The van der Waals surface area contributed by atoms with Gasteiger partial charge in [-0.15, -0.1) is 0 Å². The van der Waals surface area contributed by atoms with Crippen molar-refractivity contribution < 1.29 is 9.32 Å². The van der Waals surface area contributed by atoms with Gasteiger partial charge in [-0.1, -0.05) is 12.1 Å². The highest BCUT2D eigenvalue weighted by Gasteiger charge is 2.31. The minimum atomic E-state index is -0.132. The molecule has 2 atom stereocenters. The number of para-hydroxylation sites is 1. The van der Waals surface area contributed by atoms with Crippen molar-refractivity contribution in [3.8, 4) is 17.4 Å². The standard InChI is InChI=1S/C22H20N4O2/c1-25-13-5-10-18(25)16-8-4-12-23-20(16)26-21(19-11-6-14-28-19)24-17-9-3-2-7-15(17)22(26)27/h2-4,6-9,11-12,14,18H,5,10,13H2,1H3/p+1/t18-/m0/s1. The predicted molar refractivity (Wildman–Crippen MR) is 107 cm³/mol. The van der Waals surface area contributed by atoms with Crippen molar-refractivity contribution in [2.45, 2.75) is 18.9 Å². The highest BCUT2D eigenvalue weighted by Crippen LogP contribution is 2.27. The van der Waals surface area contributed by atoms with Crippen molar-refractivity contribution in [2.75, 3.05) is 13.6 Å². The van der Waals surface area contributed by atoms with Crippen LogP contribution in [0.15, 0.2) is 70.2 Å². The van der Waals surface area contributed by atoms with Crippen molar-refractivity contribution in [3.63, 3.8) is 0 Å². The highest BCUT2D eigenvalue weighted by molar-refractivity contribution is 5.79. The van der Waals surface area contributed by atoms with Gasteiger partial charge in [-0.25, -0.2) is 14.5 Å². The van der Waals surface area contributed by atoms with Gasteiger partial charge in [-0.2, -0.15) is 0 Å². The number of aromatic nitrogens is 3. The summed E-state index contributed by atoms with van der Waals surface area (Å²) in [5, 5.41) is 0.571. The molecule has 28 heavy (non-hydrogen) atoms. The van der Waals surface area contributed by atoms with Crippen LogP contribution < -0.4 is 10.5 Å². The van der Waals surface area contributed by atoms with Crippen LogP contribution in [0.1, 0.15) is 24.4 Å². The van der Waals surface area contributed by atoms with E-state index in [1.54, 1.807) is 23.1 Å². The van der Waals surface area contributed by atoms with Crippen LogP contribution in [0.3, 0.4) is 0 Å². The maximum Gasteiger partial charge on any atom is 0.267 e. The molecule has 0 amide bonds. The first-order valence-electron chi connectivity index (χ1n) is 9.57. The molecule has 0 bridgehead atoms. The number of hydrogen-bond donors (Lipinski definition) is 1. The summed E-state index contributed by atoms with van der Waals surface area (Å²) in [5.41, 5.74) is 1.59. The van der Waals surface area contributed by atoms with Crippen LogP contribution in [-0.2, 0) is 0 Å². The number of furan rings is 1. The minimum absolute atomic E-state index is 0.132. The number of rotatable bonds is 3. The molecule has 1 saturated heterocycles. The first-order valence-corrected chi connectivity index (χ1v) is 9.57. The largest absolute Gasteiger partial charge is 0.461 e. The van der Waals surface area contributed by atoms with Crippen LogP contribution in [0.25, 0.3) is 28.3 Å². The number of pyridine rings is 1. The third kappa shape index (κ3) is 2.65. The SMILES string of the molecule is C[NH+]1CCC[C@H]1c1cccnc1-n1c(-c2ccco2)nc2ccccc2c1=O. The first kappa shape index (κ1) is 16.9. The molecule has 5 rings (SSSR count). The molecule has 6 nitrogen and oxygen atoms in total. The molecule has 6 heteroatoms. The second-order valence-electron chi connectivity index (χ2n) is 7.28. The summed E-state index contributed by atoms with van der Waals surface area (Å²) in [5.74, 6) is 1.67. The predicted octanol–water partition coefficient (Wildman–Crippen LogP) is 2.39. The molecular formula is C22H21N4O2+. The Morgan fingerprint density at radius 2 is 2.04 bits per heavy atom. The van der Waals surface area contributed by atoms with E-state index >= 15 is 0 Å². The second-order valence-corrected chi connectivity index (χ2v) is 7.28. The van der Waals surface area contributed by atoms with Crippen molar-refractivity contribution in [1.82, 2.24) is 14.5 Å². The Bertz CT molecular complexity index is 1200. The molecule has 1 fully saturated rings. The number of nitrogens with one attached hydrogen (secondary N) is 1. The molecule has 1 aliphatic rings. The molecule has 0 spiro atoms. The molecule has 0 aliphatic carbocycles. The molecule has 0 radical (unpaired) electrons. The lowest BCUT2D eigenvalue weighted by Crippen LogP contribution is -3.07. The summed E-state index contributed by atoms with van der Waals surface area (Å²) in [4.78, 5) is 24.4. The van der Waals surface area contributed by atoms with E-state index in [1.165, 1.54) is 11.3 Å². The van der Waals surface area contributed by atoms with E-state index in [-0.39, 0.29) is 5.56 Å². The zero-order chi connectivity index (χ0) is 19.1. The normalized spacial score (nSPS) is 19.3. The second kappa shape index (κ2) is 6.73. The first-order chi connectivity index (χ1) is 13.7. The van der Waals surface area contributed by atoms with Crippen molar-refractivity contribution in [2.24, 2.45) is 0 Å². The zero-order valence-electron chi connectivity index (χ0n) is 15.6. The Balaban J connectivity index is 1.84. The van der Waals surface area contributed by atoms with Crippen molar-refractivity contribution in [3.05, 3.63) is 76.9 Å². The average Bonchev–Trinajstić information content (AvgIpc) is 3.40. The third-order valence-corrected chi connectivity index (χ3v) is 5.58. The van der Waals surface area contributed by atoms with Gasteiger partial charge in [0.25, 0.3) is 5.56 Å². The molecule has 4 heterocycles. The van der Waals surface area contributed by atoms with E-state index in [0.29, 0.717) is 34.3 Å². The molecule has 1 aliphatic heterocycles. The minimum Gasteiger partial charge on any atom is -0.461 e. The Kier molecular flexibility index (Phi) is 4.06. The van der Waals surface area contributed by atoms with Crippen LogP contribution >= 0.6 is 0 Å². The molecule has 1 N–H and O–H groups in total. The molecule has 140 valence electrons. The van der Waals surface area contributed by atoms with Gasteiger partial charge in [0, 0.05) is 19.0 Å². The molecule has 0 saturated carbocycles. The third-order valence-electron chi connectivity index (χ3n) is 5.58. The van der Waals surface area contributed by atoms with E-state index in [9.17, 15) is 4.79 Å². The summed E-state index contributed by atoms with van der Waals surface area (Å²) in [6, 6.07) is 15.4. The maximum absolute atomic E-state index is 13.5. The van der Waals surface area contributed by atoms with Gasteiger partial charge in [0.1, 0.15) is 6.04 Å². The summed E-state index contributed by atoms with van der Waals surface area (Å²) in [6.45, 7) is 1.12. The summed E-state index contributed by atoms with van der Waals surface area (Å²) < 4.78 is 7.23. The smallest absolute Gasteiger partial charge is 0.267 e. The van der Waals surface area contributed by atoms with Crippen LogP contribution in [0.4, 0.5) is 0 Å². The number of nitrogens with zero attached hydrogens (tertiary/aromatic N) is 3. The number of benzene rings is 1. The Morgan fingerprint density at radius 3 is 2.82 bits per heavy atom. The number of quaternary nitrogens is 1. The molecule has 3 aromatic heterocycles. The Hall–Kier alpha value is -3.25. The lowest BCUT2D eigenvalue weighted by molar-refractivity contribution is -0.898. The fourth-order valence-electron chi connectivity index (χ4n) is 4.20. The van der Waals surface area contributed by atoms with Crippen LogP contribution in [0.2, 0.25) is 0 Å². The summed E-state index contributed by atoms with van der Waals surface area (Å²) >= 11 is 0. The topological polar surface area (TPSA) is 65.4 Å². The van der Waals surface area contributed by atoms with Crippen LogP contribution in [0, 0.1) is 0 Å². The monoisotopic (exact) mass is 373 g/mol. The molecule has 1 unspecified atom stereocenters. The van der Waals surface area contributed by atoms with Crippen molar-refractivity contribution in [1.29, 1.82) is 0 Å². The Morgan fingerprint density at radius 1 is 1.14 bits per heavy atom. The number of fused-ring (bicyclic) bond motifs is 1. The summed E-state index contributed by atoms with van der Waals surface area (Å²) in [7, 11) is 2.20. The fraction of sp³-hybridized carbons (Fsp3) is 0.227. The van der Waals surface area contributed by atoms with E-state index in [4.69, 9.17) is 9.40 Å². The van der Waals surface area contributed by atoms with Crippen molar-refractivity contribution >= 4 is 10.9 Å². The average molecular weight is 373 g/mol. The quantitative estimate of drug-likeness (QED) is 0.599. The van der Waals surface area contributed by atoms with Gasteiger partial charge in [-0.05, 0) is 36.4 Å².